The van der Waals surface area contributed by atoms with Gasteiger partial charge in [0.1, 0.15) is 11.3 Å². The van der Waals surface area contributed by atoms with Crippen LogP contribution in [0.5, 0.6) is 0 Å². The SMILES string of the molecule is CC(C)(C)OC(=O)NC1CCN(c2nnc(-c3ccn[nH]3)c3ccccc23)CC1. The van der Waals surface area contributed by atoms with Gasteiger partial charge in [0, 0.05) is 36.1 Å². The Labute approximate surface area is 169 Å². The number of hydrogen-bond acceptors (Lipinski definition) is 6. The van der Waals surface area contributed by atoms with Crippen LogP contribution in [0.3, 0.4) is 0 Å². The number of carbonyl (C=O) groups is 1. The Morgan fingerprint density at radius 1 is 1.14 bits per heavy atom. The summed E-state index contributed by atoms with van der Waals surface area (Å²) >= 11 is 0. The van der Waals surface area contributed by atoms with E-state index in [9.17, 15) is 4.79 Å². The van der Waals surface area contributed by atoms with Gasteiger partial charge in [-0.25, -0.2) is 4.79 Å². The molecule has 2 N–H and O–H groups in total. The second-order valence-electron chi connectivity index (χ2n) is 8.30. The normalized spacial score (nSPS) is 15.5. The number of hydrogen-bond donors (Lipinski definition) is 2. The number of benzene rings is 1. The largest absolute Gasteiger partial charge is 0.444 e. The van der Waals surface area contributed by atoms with Crippen LogP contribution in [0.2, 0.25) is 0 Å². The predicted octanol–water partition coefficient (Wildman–Crippen LogP) is 3.51. The third-order valence-electron chi connectivity index (χ3n) is 4.94. The van der Waals surface area contributed by atoms with Gasteiger partial charge < -0.3 is 15.0 Å². The molecule has 0 bridgehead atoms. The van der Waals surface area contributed by atoms with Gasteiger partial charge in [-0.2, -0.15) is 5.10 Å². The number of aromatic nitrogens is 4. The summed E-state index contributed by atoms with van der Waals surface area (Å²) in [5, 5.41) is 21.1. The van der Waals surface area contributed by atoms with E-state index in [1.54, 1.807) is 6.20 Å². The summed E-state index contributed by atoms with van der Waals surface area (Å²) < 4.78 is 5.36. The van der Waals surface area contributed by atoms with Crippen molar-refractivity contribution in [2.75, 3.05) is 18.0 Å². The Bertz CT molecular complexity index is 988. The number of piperidine rings is 1. The summed E-state index contributed by atoms with van der Waals surface area (Å²) in [6.07, 6.45) is 3.02. The Morgan fingerprint density at radius 2 is 1.86 bits per heavy atom. The zero-order valence-corrected chi connectivity index (χ0v) is 17.0. The van der Waals surface area contributed by atoms with Crippen molar-refractivity contribution in [1.29, 1.82) is 0 Å². The maximum Gasteiger partial charge on any atom is 0.407 e. The Kier molecular flexibility index (Phi) is 5.08. The Morgan fingerprint density at radius 3 is 2.52 bits per heavy atom. The maximum atomic E-state index is 12.0. The van der Waals surface area contributed by atoms with Crippen molar-refractivity contribution in [1.82, 2.24) is 25.7 Å². The molecule has 1 aromatic carbocycles. The highest BCUT2D eigenvalue weighted by atomic mass is 16.6. The molecule has 0 spiro atoms. The van der Waals surface area contributed by atoms with Crippen molar-refractivity contribution in [2.24, 2.45) is 0 Å². The van der Waals surface area contributed by atoms with E-state index in [-0.39, 0.29) is 12.1 Å². The zero-order valence-electron chi connectivity index (χ0n) is 17.0. The van der Waals surface area contributed by atoms with Gasteiger partial charge in [-0.15, -0.1) is 10.2 Å². The molecule has 0 atom stereocenters. The summed E-state index contributed by atoms with van der Waals surface area (Å²) in [4.78, 5) is 14.3. The first-order chi connectivity index (χ1) is 13.9. The van der Waals surface area contributed by atoms with Crippen LogP contribution in [0.15, 0.2) is 36.5 Å². The van der Waals surface area contributed by atoms with Crippen LogP contribution in [-0.2, 0) is 4.74 Å². The molecule has 152 valence electrons. The van der Waals surface area contributed by atoms with Crippen molar-refractivity contribution >= 4 is 22.7 Å². The van der Waals surface area contributed by atoms with Crippen molar-refractivity contribution in [3.63, 3.8) is 0 Å². The molecule has 29 heavy (non-hydrogen) atoms. The fraction of sp³-hybridized carbons (Fsp3) is 0.429. The number of amides is 1. The molecule has 1 aliphatic heterocycles. The number of fused-ring (bicyclic) bond motifs is 1. The summed E-state index contributed by atoms with van der Waals surface area (Å²) in [6, 6.07) is 10.1. The zero-order chi connectivity index (χ0) is 20.4. The maximum absolute atomic E-state index is 12.0. The molecule has 3 aromatic rings. The molecule has 1 aliphatic rings. The smallest absolute Gasteiger partial charge is 0.407 e. The number of H-pyrrole nitrogens is 1. The third-order valence-corrected chi connectivity index (χ3v) is 4.94. The first-order valence-corrected chi connectivity index (χ1v) is 9.90. The van der Waals surface area contributed by atoms with Crippen LogP contribution < -0.4 is 10.2 Å². The first kappa shape index (κ1) is 19.2. The van der Waals surface area contributed by atoms with Gasteiger partial charge in [0.05, 0.1) is 5.69 Å². The average Bonchev–Trinajstić information content (AvgIpc) is 3.21. The lowest BCUT2D eigenvalue weighted by Gasteiger charge is -2.33. The standard InChI is InChI=1S/C21H26N6O2/c1-21(2,3)29-20(28)23-14-9-12-27(13-10-14)19-16-7-5-4-6-15(16)18(25-26-19)17-8-11-22-24-17/h4-8,11,14H,9-10,12-13H2,1-3H3,(H,22,24)(H,23,28). The summed E-state index contributed by atoms with van der Waals surface area (Å²) in [5.74, 6) is 0.875. The van der Waals surface area contributed by atoms with Gasteiger partial charge in [0.2, 0.25) is 0 Å². The van der Waals surface area contributed by atoms with Crippen molar-refractivity contribution in [2.45, 2.75) is 45.3 Å². The van der Waals surface area contributed by atoms with E-state index < -0.39 is 5.60 Å². The van der Waals surface area contributed by atoms with Gasteiger partial charge in [-0.1, -0.05) is 24.3 Å². The molecular formula is C21H26N6O2. The highest BCUT2D eigenvalue weighted by Gasteiger charge is 2.25. The number of carbonyl (C=O) groups excluding carboxylic acids is 1. The van der Waals surface area contributed by atoms with E-state index >= 15 is 0 Å². The molecule has 1 fully saturated rings. The monoisotopic (exact) mass is 394 g/mol. The molecule has 0 saturated carbocycles. The quantitative estimate of drug-likeness (QED) is 0.706. The number of rotatable bonds is 3. The molecule has 1 saturated heterocycles. The van der Waals surface area contributed by atoms with Gasteiger partial charge in [-0.05, 0) is 39.7 Å². The lowest BCUT2D eigenvalue weighted by atomic mass is 10.0. The summed E-state index contributed by atoms with van der Waals surface area (Å²) in [5.41, 5.74) is 1.15. The molecule has 0 radical (unpaired) electrons. The molecule has 8 nitrogen and oxygen atoms in total. The van der Waals surface area contributed by atoms with Crippen LogP contribution in [0.4, 0.5) is 10.6 Å². The van der Waals surface area contributed by atoms with Gasteiger partial charge in [0.15, 0.2) is 5.82 Å². The van der Waals surface area contributed by atoms with Crippen molar-refractivity contribution < 1.29 is 9.53 Å². The highest BCUT2D eigenvalue weighted by molar-refractivity contribution is 5.99. The number of ether oxygens (including phenoxy) is 1. The minimum absolute atomic E-state index is 0.101. The summed E-state index contributed by atoms with van der Waals surface area (Å²) in [7, 11) is 0. The third kappa shape index (κ3) is 4.31. The second kappa shape index (κ2) is 7.69. The number of alkyl carbamates (subject to hydrolysis) is 1. The number of nitrogens with zero attached hydrogens (tertiary/aromatic N) is 4. The van der Waals surface area contributed by atoms with E-state index in [0.29, 0.717) is 0 Å². The Hall–Kier alpha value is -3.16. The van der Waals surface area contributed by atoms with E-state index in [1.165, 1.54) is 0 Å². The average molecular weight is 394 g/mol. The van der Waals surface area contributed by atoms with Crippen molar-refractivity contribution in [3.8, 4) is 11.4 Å². The molecular weight excluding hydrogens is 368 g/mol. The minimum Gasteiger partial charge on any atom is -0.444 e. The van der Waals surface area contributed by atoms with E-state index in [1.807, 2.05) is 39.0 Å². The molecule has 0 unspecified atom stereocenters. The molecule has 2 aromatic heterocycles. The lowest BCUT2D eigenvalue weighted by Crippen LogP contribution is -2.46. The predicted molar refractivity (Wildman–Crippen MR) is 112 cm³/mol. The van der Waals surface area contributed by atoms with Crippen LogP contribution in [0, 0.1) is 0 Å². The molecule has 1 amide bonds. The fourth-order valence-electron chi connectivity index (χ4n) is 3.62. The molecule has 0 aliphatic carbocycles. The Balaban J connectivity index is 1.49. The van der Waals surface area contributed by atoms with E-state index in [4.69, 9.17) is 4.74 Å². The molecule has 3 heterocycles. The van der Waals surface area contributed by atoms with E-state index in [0.717, 1.165) is 53.9 Å². The van der Waals surface area contributed by atoms with E-state index in [2.05, 4.69) is 42.7 Å². The lowest BCUT2D eigenvalue weighted by molar-refractivity contribution is 0.0497. The molecule has 4 rings (SSSR count). The fourth-order valence-corrected chi connectivity index (χ4v) is 3.62. The number of nitrogens with one attached hydrogen (secondary N) is 2. The van der Waals surface area contributed by atoms with Crippen LogP contribution in [0.25, 0.3) is 22.2 Å². The number of anilines is 1. The first-order valence-electron chi connectivity index (χ1n) is 9.90. The topological polar surface area (TPSA) is 96.0 Å². The molecule has 8 heteroatoms. The number of aromatic amines is 1. The highest BCUT2D eigenvalue weighted by Crippen LogP contribution is 2.31. The van der Waals surface area contributed by atoms with Crippen molar-refractivity contribution in [3.05, 3.63) is 36.5 Å². The van der Waals surface area contributed by atoms with Crippen LogP contribution in [0.1, 0.15) is 33.6 Å². The minimum atomic E-state index is -0.490. The van der Waals surface area contributed by atoms with Gasteiger partial charge in [-0.3, -0.25) is 5.10 Å². The van der Waals surface area contributed by atoms with Gasteiger partial charge >= 0.3 is 6.09 Å². The summed E-state index contributed by atoms with van der Waals surface area (Å²) in [6.45, 7) is 7.19. The van der Waals surface area contributed by atoms with Crippen LogP contribution >= 0.6 is 0 Å². The van der Waals surface area contributed by atoms with Gasteiger partial charge in [0.25, 0.3) is 0 Å². The second-order valence-corrected chi connectivity index (χ2v) is 8.30. The van der Waals surface area contributed by atoms with Crippen LogP contribution in [-0.4, -0.2) is 51.2 Å².